The van der Waals surface area contributed by atoms with Crippen molar-refractivity contribution in [3.05, 3.63) is 76.5 Å². The fourth-order valence-electron chi connectivity index (χ4n) is 3.12. The number of methoxy groups -OCH3 is 1. The Kier molecular flexibility index (Phi) is 6.43. The molecule has 0 aliphatic rings. The van der Waals surface area contributed by atoms with Crippen LogP contribution in [0.4, 0.5) is 25.8 Å². The number of carbonyl (C=O) groups is 1. The van der Waals surface area contributed by atoms with E-state index in [0.717, 1.165) is 6.07 Å². The number of nitrogen functional groups attached to an aromatic ring is 1. The molecular weight excluding hydrogens is 418 g/mol. The molecule has 0 aliphatic heterocycles. The first-order valence-corrected chi connectivity index (χ1v) is 9.31. The summed E-state index contributed by atoms with van der Waals surface area (Å²) in [5, 5.41) is 20.9. The summed E-state index contributed by atoms with van der Waals surface area (Å²) in [4.78, 5) is 16.7. The first-order chi connectivity index (χ1) is 15.3. The Labute approximate surface area is 182 Å². The summed E-state index contributed by atoms with van der Waals surface area (Å²) in [6, 6.07) is 8.53. The highest BCUT2D eigenvalue weighted by molar-refractivity contribution is 6.16. The lowest BCUT2D eigenvalue weighted by Crippen LogP contribution is -2.18. The van der Waals surface area contributed by atoms with Crippen LogP contribution in [0.25, 0.3) is 0 Å². The van der Waals surface area contributed by atoms with E-state index in [9.17, 15) is 13.6 Å². The van der Waals surface area contributed by atoms with Crippen molar-refractivity contribution in [1.82, 2.24) is 4.98 Å². The highest BCUT2D eigenvalue weighted by Crippen LogP contribution is 2.27. The second-order valence-electron chi connectivity index (χ2n) is 6.59. The van der Waals surface area contributed by atoms with E-state index in [4.69, 9.17) is 21.3 Å². The molecule has 2 aromatic carbocycles. The number of halogens is 2. The van der Waals surface area contributed by atoms with Crippen LogP contribution in [-0.2, 0) is 0 Å². The van der Waals surface area contributed by atoms with Gasteiger partial charge in [0.05, 0.1) is 23.9 Å². The molecule has 0 spiro atoms. The van der Waals surface area contributed by atoms with Gasteiger partial charge < -0.3 is 26.5 Å². The minimum atomic E-state index is -1.16. The number of benzene rings is 2. The Bertz CT molecular complexity index is 1230. The summed E-state index contributed by atoms with van der Waals surface area (Å²) < 4.78 is 34.4. The van der Waals surface area contributed by atoms with E-state index in [0.29, 0.717) is 11.8 Å². The lowest BCUT2D eigenvalue weighted by Gasteiger charge is -2.14. The molecule has 8 nitrogen and oxygen atoms in total. The minimum Gasteiger partial charge on any atom is -0.481 e. The lowest BCUT2D eigenvalue weighted by molar-refractivity contribution is 0.101. The van der Waals surface area contributed by atoms with Gasteiger partial charge in [-0.15, -0.1) is 0 Å². The van der Waals surface area contributed by atoms with Crippen molar-refractivity contribution in [3.63, 3.8) is 0 Å². The van der Waals surface area contributed by atoms with E-state index in [1.807, 2.05) is 0 Å². The van der Waals surface area contributed by atoms with Crippen LogP contribution in [0, 0.1) is 22.5 Å². The number of nitrogens with one attached hydrogen (secondary N) is 4. The number of ether oxygens (including phenoxy) is 1. The molecule has 6 N–H and O–H groups in total. The summed E-state index contributed by atoms with van der Waals surface area (Å²) in [5.41, 5.74) is 6.03. The molecule has 1 aromatic heterocycles. The number of pyridine rings is 1. The van der Waals surface area contributed by atoms with Crippen LogP contribution in [-0.4, -0.2) is 37.0 Å². The predicted molar refractivity (Wildman–Crippen MR) is 119 cm³/mol. The maximum atomic E-state index is 14.7. The molecule has 3 aromatic rings. The number of anilines is 3. The van der Waals surface area contributed by atoms with Gasteiger partial charge in [0, 0.05) is 42.1 Å². The fraction of sp³-hybridized carbons (Fsp3) is 0.0909. The van der Waals surface area contributed by atoms with Crippen molar-refractivity contribution in [2.24, 2.45) is 0 Å². The van der Waals surface area contributed by atoms with Crippen molar-refractivity contribution in [2.45, 2.75) is 0 Å². The first kappa shape index (κ1) is 22.3. The molecule has 0 saturated carbocycles. The van der Waals surface area contributed by atoms with Crippen LogP contribution >= 0.6 is 0 Å². The largest absolute Gasteiger partial charge is 0.481 e. The SMILES string of the molecule is CNc1cc(F)c(C(=O)Nc2ccc(N)c(C(=N)c3cccnc3OC)c2)c(F)c1C=N. The lowest BCUT2D eigenvalue weighted by atomic mass is 10.0. The van der Waals surface area contributed by atoms with Crippen LogP contribution in [0.1, 0.15) is 27.0 Å². The quantitative estimate of drug-likeness (QED) is 0.283. The molecular formula is C22H20F2N6O2. The Balaban J connectivity index is 1.97. The number of nitrogens with zero attached hydrogens (tertiary/aromatic N) is 1. The van der Waals surface area contributed by atoms with Crippen LogP contribution in [0.3, 0.4) is 0 Å². The van der Waals surface area contributed by atoms with Crippen molar-refractivity contribution in [2.75, 3.05) is 30.5 Å². The number of hydrogen-bond acceptors (Lipinski definition) is 7. The van der Waals surface area contributed by atoms with Gasteiger partial charge in [-0.2, -0.15) is 0 Å². The van der Waals surface area contributed by atoms with Gasteiger partial charge in [0.15, 0.2) is 0 Å². The number of carbonyl (C=O) groups excluding carboxylic acids is 1. The van der Waals surface area contributed by atoms with Crippen molar-refractivity contribution < 1.29 is 18.3 Å². The number of amides is 1. The van der Waals surface area contributed by atoms with Gasteiger partial charge in [-0.05, 0) is 36.4 Å². The molecule has 0 bridgehead atoms. The van der Waals surface area contributed by atoms with Gasteiger partial charge in [0.25, 0.3) is 5.91 Å². The molecule has 1 heterocycles. The molecule has 10 heteroatoms. The first-order valence-electron chi connectivity index (χ1n) is 9.31. The van der Waals surface area contributed by atoms with Crippen molar-refractivity contribution in [3.8, 4) is 5.88 Å². The van der Waals surface area contributed by atoms with Crippen LogP contribution in [0.15, 0.2) is 42.6 Å². The second kappa shape index (κ2) is 9.21. The highest BCUT2D eigenvalue weighted by Gasteiger charge is 2.23. The number of nitrogens with two attached hydrogens (primary N) is 1. The van der Waals surface area contributed by atoms with Crippen LogP contribution in [0.2, 0.25) is 0 Å². The van der Waals surface area contributed by atoms with Crippen LogP contribution < -0.4 is 21.1 Å². The molecule has 0 fully saturated rings. The predicted octanol–water partition coefficient (Wildman–Crippen LogP) is 3.66. The fourth-order valence-corrected chi connectivity index (χ4v) is 3.12. The molecule has 164 valence electrons. The highest BCUT2D eigenvalue weighted by atomic mass is 19.1. The van der Waals surface area contributed by atoms with Gasteiger partial charge in [-0.25, -0.2) is 13.8 Å². The number of aromatic nitrogens is 1. The maximum absolute atomic E-state index is 14.7. The average molecular weight is 438 g/mol. The third kappa shape index (κ3) is 4.10. The van der Waals surface area contributed by atoms with Gasteiger partial charge in [0.1, 0.15) is 17.2 Å². The molecule has 0 saturated heterocycles. The van der Waals surface area contributed by atoms with E-state index >= 15 is 0 Å². The van der Waals surface area contributed by atoms with Crippen molar-refractivity contribution >= 4 is 34.9 Å². The van der Waals surface area contributed by atoms with Gasteiger partial charge in [-0.3, -0.25) is 10.2 Å². The normalized spacial score (nSPS) is 10.4. The van der Waals surface area contributed by atoms with E-state index in [1.165, 1.54) is 38.6 Å². The molecule has 0 unspecified atom stereocenters. The van der Waals surface area contributed by atoms with E-state index in [-0.39, 0.29) is 39.8 Å². The summed E-state index contributed by atoms with van der Waals surface area (Å²) in [6.45, 7) is 0. The molecule has 32 heavy (non-hydrogen) atoms. The third-order valence-corrected chi connectivity index (χ3v) is 4.71. The summed E-state index contributed by atoms with van der Waals surface area (Å²) in [7, 11) is 2.87. The topological polar surface area (TPSA) is 137 Å². The van der Waals surface area contributed by atoms with E-state index in [2.05, 4.69) is 15.6 Å². The Morgan fingerprint density at radius 3 is 2.62 bits per heavy atom. The standard InChI is InChI=1S/C22H20F2N6O2/c1-28-17-9-15(23)18(19(24)14(17)10-25)21(31)30-11-5-6-16(26)13(8-11)20(27)12-4-3-7-29-22(12)32-2/h3-10,25,27-28H,26H2,1-2H3,(H,30,31). The molecule has 1 amide bonds. The van der Waals surface area contributed by atoms with Crippen molar-refractivity contribution in [1.29, 1.82) is 10.8 Å². The van der Waals surface area contributed by atoms with Crippen LogP contribution in [0.5, 0.6) is 5.88 Å². The average Bonchev–Trinajstić information content (AvgIpc) is 2.79. The zero-order valence-corrected chi connectivity index (χ0v) is 17.2. The second-order valence-corrected chi connectivity index (χ2v) is 6.59. The number of hydrogen-bond donors (Lipinski definition) is 5. The Hall–Kier alpha value is -4.34. The molecule has 0 radical (unpaired) electrons. The summed E-state index contributed by atoms with van der Waals surface area (Å²) in [5.74, 6) is -3.07. The van der Waals surface area contributed by atoms with E-state index < -0.39 is 23.1 Å². The van der Waals surface area contributed by atoms with Gasteiger partial charge in [-0.1, -0.05) is 0 Å². The minimum absolute atomic E-state index is 0.00891. The Morgan fingerprint density at radius 1 is 1.22 bits per heavy atom. The molecule has 0 atom stereocenters. The zero-order valence-electron chi connectivity index (χ0n) is 17.2. The summed E-state index contributed by atoms with van der Waals surface area (Å²) >= 11 is 0. The third-order valence-electron chi connectivity index (χ3n) is 4.71. The smallest absolute Gasteiger partial charge is 0.261 e. The van der Waals surface area contributed by atoms with Gasteiger partial charge in [0.2, 0.25) is 5.88 Å². The maximum Gasteiger partial charge on any atom is 0.261 e. The van der Waals surface area contributed by atoms with E-state index in [1.54, 1.807) is 12.1 Å². The van der Waals surface area contributed by atoms with Gasteiger partial charge >= 0.3 is 0 Å². The number of rotatable bonds is 7. The Morgan fingerprint density at radius 2 is 1.97 bits per heavy atom. The summed E-state index contributed by atoms with van der Waals surface area (Å²) in [6.07, 6.45) is 2.21. The monoisotopic (exact) mass is 438 g/mol. The zero-order chi connectivity index (χ0) is 23.4. The molecule has 3 rings (SSSR count). The molecule has 0 aliphatic carbocycles.